The van der Waals surface area contributed by atoms with Crippen LogP contribution in [-0.4, -0.2) is 21.9 Å². The fourth-order valence-electron chi connectivity index (χ4n) is 3.79. The summed E-state index contributed by atoms with van der Waals surface area (Å²) in [4.78, 5) is 15.4. The van der Waals surface area contributed by atoms with Crippen molar-refractivity contribution in [2.75, 3.05) is 6.54 Å². The van der Waals surface area contributed by atoms with Gasteiger partial charge in [-0.05, 0) is 30.5 Å². The van der Waals surface area contributed by atoms with Gasteiger partial charge in [0.1, 0.15) is 0 Å². The first-order valence-electron chi connectivity index (χ1n) is 9.26. The van der Waals surface area contributed by atoms with E-state index in [0.717, 1.165) is 38.8 Å². The van der Waals surface area contributed by atoms with E-state index in [4.69, 9.17) is 0 Å². The molecule has 3 heteroatoms. The van der Waals surface area contributed by atoms with Crippen molar-refractivity contribution in [1.82, 2.24) is 9.47 Å². The van der Waals surface area contributed by atoms with E-state index in [0.29, 0.717) is 5.91 Å². The van der Waals surface area contributed by atoms with Crippen molar-refractivity contribution < 1.29 is 4.79 Å². The second-order valence-electron chi connectivity index (χ2n) is 6.72. The van der Waals surface area contributed by atoms with E-state index < -0.39 is 0 Å². The van der Waals surface area contributed by atoms with Crippen LogP contribution >= 0.6 is 0 Å². The third kappa shape index (κ3) is 3.26. The highest BCUT2D eigenvalue weighted by molar-refractivity contribution is 5.80. The van der Waals surface area contributed by atoms with Crippen molar-refractivity contribution in [1.29, 1.82) is 0 Å². The van der Waals surface area contributed by atoms with Gasteiger partial charge in [0, 0.05) is 30.9 Å². The number of carbonyl (C=O) groups excluding carboxylic acids is 1. The lowest BCUT2D eigenvalue weighted by Crippen LogP contribution is -2.45. The molecule has 0 bridgehead atoms. The number of hydrogen-bond acceptors (Lipinski definition) is 1. The molecule has 1 aliphatic rings. The van der Waals surface area contributed by atoms with Gasteiger partial charge in [-0.25, -0.2) is 0 Å². The Hall–Kier alpha value is -2.03. The maximum absolute atomic E-state index is 13.3. The summed E-state index contributed by atoms with van der Waals surface area (Å²) in [6.45, 7) is 6.02. The van der Waals surface area contributed by atoms with Crippen LogP contribution in [0.1, 0.15) is 56.8 Å². The standard InChI is InChI=1S/C21H28N2O/c1-3-5-10-17(4-2)21(24)23-16-15-22-14-9-13-19(22)20(23)18-11-7-6-8-12-18/h6-9,11-14,17,20H,3-5,10,15-16H2,1-2H3. The number of benzene rings is 1. The average Bonchev–Trinajstić information content (AvgIpc) is 3.10. The van der Waals surface area contributed by atoms with Crippen LogP contribution in [0.4, 0.5) is 0 Å². The molecule has 1 amide bonds. The van der Waals surface area contributed by atoms with E-state index in [1.54, 1.807) is 0 Å². The Balaban J connectivity index is 1.92. The predicted octanol–water partition coefficient (Wildman–Crippen LogP) is 4.64. The van der Waals surface area contributed by atoms with E-state index in [-0.39, 0.29) is 12.0 Å². The van der Waals surface area contributed by atoms with Gasteiger partial charge in [0.25, 0.3) is 0 Å². The van der Waals surface area contributed by atoms with Gasteiger partial charge in [-0.1, -0.05) is 57.0 Å². The number of aromatic nitrogens is 1. The van der Waals surface area contributed by atoms with Crippen molar-refractivity contribution in [3.8, 4) is 0 Å². The van der Waals surface area contributed by atoms with Gasteiger partial charge >= 0.3 is 0 Å². The fourth-order valence-corrected chi connectivity index (χ4v) is 3.79. The van der Waals surface area contributed by atoms with Gasteiger partial charge in [0.2, 0.25) is 5.91 Å². The molecule has 2 heterocycles. The smallest absolute Gasteiger partial charge is 0.226 e. The highest BCUT2D eigenvalue weighted by atomic mass is 16.2. The number of unbranched alkanes of at least 4 members (excludes halogenated alkanes) is 1. The quantitative estimate of drug-likeness (QED) is 0.760. The zero-order valence-corrected chi connectivity index (χ0v) is 14.8. The maximum atomic E-state index is 13.3. The van der Waals surface area contributed by atoms with Crippen LogP contribution in [-0.2, 0) is 11.3 Å². The summed E-state index contributed by atoms with van der Waals surface area (Å²) in [6.07, 6.45) is 6.34. The Morgan fingerprint density at radius 3 is 2.62 bits per heavy atom. The van der Waals surface area contributed by atoms with E-state index in [1.807, 2.05) is 6.07 Å². The first-order chi connectivity index (χ1) is 11.8. The van der Waals surface area contributed by atoms with E-state index >= 15 is 0 Å². The lowest BCUT2D eigenvalue weighted by Gasteiger charge is -2.39. The summed E-state index contributed by atoms with van der Waals surface area (Å²) in [5, 5.41) is 0. The van der Waals surface area contributed by atoms with Crippen LogP contribution in [0.2, 0.25) is 0 Å². The van der Waals surface area contributed by atoms with Gasteiger partial charge in [0.05, 0.1) is 6.04 Å². The molecule has 128 valence electrons. The van der Waals surface area contributed by atoms with Gasteiger partial charge < -0.3 is 9.47 Å². The molecule has 24 heavy (non-hydrogen) atoms. The topological polar surface area (TPSA) is 25.2 Å². The third-order valence-corrected chi connectivity index (χ3v) is 5.18. The Morgan fingerprint density at radius 1 is 1.12 bits per heavy atom. The summed E-state index contributed by atoms with van der Waals surface area (Å²) in [5.74, 6) is 0.477. The van der Waals surface area contributed by atoms with Gasteiger partial charge in [-0.2, -0.15) is 0 Å². The van der Waals surface area contributed by atoms with Gasteiger partial charge in [-0.15, -0.1) is 0 Å². The minimum absolute atomic E-state index is 0.0399. The van der Waals surface area contributed by atoms with Crippen LogP contribution in [0.25, 0.3) is 0 Å². The molecule has 2 unspecified atom stereocenters. The molecule has 0 aliphatic carbocycles. The molecule has 0 fully saturated rings. The van der Waals surface area contributed by atoms with Gasteiger partial charge in [0.15, 0.2) is 0 Å². The molecule has 2 atom stereocenters. The molecule has 2 aromatic rings. The van der Waals surface area contributed by atoms with Crippen molar-refractivity contribution in [3.63, 3.8) is 0 Å². The third-order valence-electron chi connectivity index (χ3n) is 5.18. The maximum Gasteiger partial charge on any atom is 0.226 e. The average molecular weight is 324 g/mol. The van der Waals surface area contributed by atoms with E-state index in [1.165, 1.54) is 11.3 Å². The molecule has 0 saturated heterocycles. The van der Waals surface area contributed by atoms with Crippen molar-refractivity contribution >= 4 is 5.91 Å². The Labute approximate surface area is 145 Å². The first kappa shape index (κ1) is 16.8. The largest absolute Gasteiger partial charge is 0.348 e. The molecule has 0 radical (unpaired) electrons. The van der Waals surface area contributed by atoms with E-state index in [9.17, 15) is 4.79 Å². The summed E-state index contributed by atoms with van der Waals surface area (Å²) < 4.78 is 2.29. The fraction of sp³-hybridized carbons (Fsp3) is 0.476. The summed E-state index contributed by atoms with van der Waals surface area (Å²) in [7, 11) is 0. The molecule has 1 aliphatic heterocycles. The Kier molecular flexibility index (Phi) is 5.39. The Morgan fingerprint density at radius 2 is 1.92 bits per heavy atom. The Bertz CT molecular complexity index is 661. The number of nitrogens with zero attached hydrogens (tertiary/aromatic N) is 2. The second kappa shape index (κ2) is 7.69. The van der Waals surface area contributed by atoms with Crippen molar-refractivity contribution in [2.24, 2.45) is 5.92 Å². The van der Waals surface area contributed by atoms with Crippen LogP contribution in [0.3, 0.4) is 0 Å². The van der Waals surface area contributed by atoms with Gasteiger partial charge in [-0.3, -0.25) is 4.79 Å². The number of rotatable bonds is 6. The number of hydrogen-bond donors (Lipinski definition) is 0. The normalized spacial score (nSPS) is 18.2. The lowest BCUT2D eigenvalue weighted by atomic mass is 9.94. The lowest BCUT2D eigenvalue weighted by molar-refractivity contribution is -0.138. The van der Waals surface area contributed by atoms with Crippen molar-refractivity contribution in [2.45, 2.75) is 52.1 Å². The number of fused-ring (bicyclic) bond motifs is 1. The second-order valence-corrected chi connectivity index (χ2v) is 6.72. The molecular formula is C21H28N2O. The summed E-state index contributed by atoms with van der Waals surface area (Å²) in [6, 6.07) is 14.7. The molecular weight excluding hydrogens is 296 g/mol. The zero-order valence-electron chi connectivity index (χ0n) is 14.8. The summed E-state index contributed by atoms with van der Waals surface area (Å²) in [5.41, 5.74) is 2.43. The molecule has 3 rings (SSSR count). The molecule has 3 nitrogen and oxygen atoms in total. The molecule has 0 spiro atoms. The molecule has 1 aromatic heterocycles. The monoisotopic (exact) mass is 324 g/mol. The van der Waals surface area contributed by atoms with Crippen LogP contribution < -0.4 is 0 Å². The number of carbonyl (C=O) groups is 1. The molecule has 0 N–H and O–H groups in total. The molecule has 1 aromatic carbocycles. The predicted molar refractivity (Wildman–Crippen MR) is 97.7 cm³/mol. The van der Waals surface area contributed by atoms with Crippen LogP contribution in [0, 0.1) is 5.92 Å². The van der Waals surface area contributed by atoms with Crippen LogP contribution in [0.15, 0.2) is 48.7 Å². The highest BCUT2D eigenvalue weighted by Crippen LogP contribution is 2.34. The van der Waals surface area contributed by atoms with Crippen LogP contribution in [0.5, 0.6) is 0 Å². The first-order valence-corrected chi connectivity index (χ1v) is 9.26. The minimum atomic E-state index is 0.0399. The molecule has 0 saturated carbocycles. The summed E-state index contributed by atoms with van der Waals surface area (Å²) >= 11 is 0. The zero-order chi connectivity index (χ0) is 16.9. The highest BCUT2D eigenvalue weighted by Gasteiger charge is 2.34. The minimum Gasteiger partial charge on any atom is -0.348 e. The number of amides is 1. The van der Waals surface area contributed by atoms with Crippen molar-refractivity contribution in [3.05, 3.63) is 59.9 Å². The van der Waals surface area contributed by atoms with E-state index in [2.05, 4.69) is 65.9 Å². The SMILES string of the molecule is CCCCC(CC)C(=O)N1CCn2cccc2C1c1ccccc1.